The lowest BCUT2D eigenvalue weighted by molar-refractivity contribution is 0.101. The first kappa shape index (κ1) is 16.8. The van der Waals surface area contributed by atoms with Gasteiger partial charge >= 0.3 is 0 Å². The maximum Gasteiger partial charge on any atom is 0.240 e. The molecule has 7 nitrogen and oxygen atoms in total. The summed E-state index contributed by atoms with van der Waals surface area (Å²) >= 11 is 0. The van der Waals surface area contributed by atoms with Crippen molar-refractivity contribution in [3.05, 3.63) is 29.8 Å². The van der Waals surface area contributed by atoms with Crippen molar-refractivity contribution >= 4 is 25.8 Å². The Bertz CT molecular complexity index is 695. The zero-order valence-electron chi connectivity index (χ0n) is 10.9. The molecule has 0 amide bonds. The quantitative estimate of drug-likeness (QED) is 0.534. The number of rotatable bonds is 7. The fourth-order valence-corrected chi connectivity index (χ4v) is 3.11. The minimum atomic E-state index is -3.77. The number of hydrogen-bond donors (Lipinski definition) is 2. The van der Waals surface area contributed by atoms with E-state index in [2.05, 4.69) is 4.72 Å². The van der Waals surface area contributed by atoms with Gasteiger partial charge in [-0.3, -0.25) is 4.79 Å². The predicted molar refractivity (Wildman–Crippen MR) is 74.2 cm³/mol. The lowest BCUT2D eigenvalue weighted by Crippen LogP contribution is -2.27. The Labute approximate surface area is 118 Å². The number of carbonyl (C=O) groups excluding carboxylic acids is 1. The summed E-state index contributed by atoms with van der Waals surface area (Å²) in [6, 6.07) is 5.61. The first-order valence-electron chi connectivity index (χ1n) is 5.73. The Morgan fingerprint density at radius 3 is 2.45 bits per heavy atom. The average Bonchev–Trinajstić information content (AvgIpc) is 2.34. The van der Waals surface area contributed by atoms with Crippen molar-refractivity contribution in [2.24, 2.45) is 5.14 Å². The van der Waals surface area contributed by atoms with E-state index in [1.807, 2.05) is 0 Å². The molecule has 0 radical (unpaired) electrons. The fourth-order valence-electron chi connectivity index (χ4n) is 1.45. The van der Waals surface area contributed by atoms with Gasteiger partial charge in [0.05, 0.1) is 10.6 Å². The number of primary sulfonamides is 1. The van der Waals surface area contributed by atoms with E-state index >= 15 is 0 Å². The molecule has 1 aromatic rings. The molecule has 0 heterocycles. The number of sulfonamides is 2. The van der Waals surface area contributed by atoms with Crippen molar-refractivity contribution in [1.29, 1.82) is 0 Å². The highest BCUT2D eigenvalue weighted by Gasteiger charge is 2.15. The zero-order valence-corrected chi connectivity index (χ0v) is 12.5. The minimum absolute atomic E-state index is 0.0409. The van der Waals surface area contributed by atoms with E-state index in [0.717, 1.165) is 0 Å². The molecule has 0 unspecified atom stereocenters. The van der Waals surface area contributed by atoms with Gasteiger partial charge in [0.2, 0.25) is 20.0 Å². The number of hydrogen-bond acceptors (Lipinski definition) is 5. The van der Waals surface area contributed by atoms with Gasteiger partial charge in [-0.1, -0.05) is 12.1 Å². The van der Waals surface area contributed by atoms with Gasteiger partial charge in [-0.2, -0.15) is 0 Å². The Hall–Kier alpha value is -1.29. The van der Waals surface area contributed by atoms with E-state index in [4.69, 9.17) is 5.14 Å². The van der Waals surface area contributed by atoms with Crippen molar-refractivity contribution in [2.75, 3.05) is 12.3 Å². The maximum absolute atomic E-state index is 11.9. The maximum atomic E-state index is 11.9. The standard InChI is InChI=1S/C11H16N2O5S2/c1-9(14)10-4-2-5-11(8-10)20(17,18)13-6-3-7-19(12,15)16/h2,4-5,8,13H,3,6-7H2,1H3,(H2,12,15,16). The third kappa shape index (κ3) is 5.37. The summed E-state index contributed by atoms with van der Waals surface area (Å²) in [5.41, 5.74) is 0.289. The molecule has 0 fully saturated rings. The van der Waals surface area contributed by atoms with E-state index in [0.29, 0.717) is 0 Å². The van der Waals surface area contributed by atoms with E-state index in [1.54, 1.807) is 0 Å². The number of nitrogens with two attached hydrogens (primary N) is 1. The van der Waals surface area contributed by atoms with Crippen LogP contribution < -0.4 is 9.86 Å². The topological polar surface area (TPSA) is 123 Å². The number of nitrogens with one attached hydrogen (secondary N) is 1. The molecule has 0 atom stereocenters. The first-order valence-corrected chi connectivity index (χ1v) is 8.93. The van der Waals surface area contributed by atoms with Crippen molar-refractivity contribution in [3.63, 3.8) is 0 Å². The zero-order chi connectivity index (χ0) is 15.4. The highest BCUT2D eigenvalue weighted by molar-refractivity contribution is 7.89. The molecule has 0 aliphatic rings. The average molecular weight is 320 g/mol. The van der Waals surface area contributed by atoms with Gasteiger partial charge in [0.15, 0.2) is 5.78 Å². The third-order valence-electron chi connectivity index (χ3n) is 2.45. The monoisotopic (exact) mass is 320 g/mol. The second-order valence-electron chi connectivity index (χ2n) is 4.20. The van der Waals surface area contributed by atoms with Crippen molar-refractivity contribution in [2.45, 2.75) is 18.2 Å². The van der Waals surface area contributed by atoms with E-state index in [1.165, 1.54) is 31.2 Å². The molecule has 0 aliphatic heterocycles. The Morgan fingerprint density at radius 2 is 1.90 bits per heavy atom. The summed E-state index contributed by atoms with van der Waals surface area (Å²) in [5.74, 6) is -0.542. The van der Waals surface area contributed by atoms with E-state index in [9.17, 15) is 21.6 Å². The van der Waals surface area contributed by atoms with Crippen LogP contribution in [0.4, 0.5) is 0 Å². The molecule has 3 N–H and O–H groups in total. The summed E-state index contributed by atoms with van der Waals surface area (Å²) in [4.78, 5) is 11.2. The van der Waals surface area contributed by atoms with Gasteiger partial charge in [0.25, 0.3) is 0 Å². The molecule has 0 saturated heterocycles. The number of benzene rings is 1. The molecule has 1 rings (SSSR count). The Kier molecular flexibility index (Phi) is 5.40. The van der Waals surface area contributed by atoms with Crippen LogP contribution >= 0.6 is 0 Å². The highest BCUT2D eigenvalue weighted by atomic mass is 32.2. The second kappa shape index (κ2) is 6.44. The number of carbonyl (C=O) groups is 1. The molecule has 0 spiro atoms. The van der Waals surface area contributed by atoms with Crippen LogP contribution in [0.2, 0.25) is 0 Å². The second-order valence-corrected chi connectivity index (χ2v) is 7.70. The Morgan fingerprint density at radius 1 is 1.25 bits per heavy atom. The number of ketones is 1. The molecule has 1 aromatic carbocycles. The van der Waals surface area contributed by atoms with Crippen LogP contribution in [0, 0.1) is 0 Å². The van der Waals surface area contributed by atoms with Gasteiger partial charge in [0.1, 0.15) is 0 Å². The Balaban J connectivity index is 2.74. The summed E-state index contributed by atoms with van der Waals surface area (Å²) in [7, 11) is -7.38. The van der Waals surface area contributed by atoms with Crippen LogP contribution in [-0.4, -0.2) is 34.9 Å². The van der Waals surface area contributed by atoms with Crippen molar-refractivity contribution < 1.29 is 21.6 Å². The summed E-state index contributed by atoms with van der Waals surface area (Å²) in [6.45, 7) is 1.29. The lowest BCUT2D eigenvalue weighted by Gasteiger charge is -2.07. The van der Waals surface area contributed by atoms with Gasteiger partial charge < -0.3 is 0 Å². The van der Waals surface area contributed by atoms with Crippen molar-refractivity contribution in [1.82, 2.24) is 4.72 Å². The van der Waals surface area contributed by atoms with Gasteiger partial charge in [0, 0.05) is 12.1 Å². The number of Topliss-reactive ketones (excluding diaryl/α,β-unsaturated/α-hetero) is 1. The molecule has 9 heteroatoms. The summed E-state index contributed by atoms with van der Waals surface area (Å²) in [5, 5.41) is 4.81. The van der Waals surface area contributed by atoms with Crippen LogP contribution in [0.3, 0.4) is 0 Å². The van der Waals surface area contributed by atoms with Crippen LogP contribution in [0.15, 0.2) is 29.2 Å². The lowest BCUT2D eigenvalue weighted by atomic mass is 10.2. The molecule has 112 valence electrons. The largest absolute Gasteiger partial charge is 0.295 e. The molecular formula is C11H16N2O5S2. The van der Waals surface area contributed by atoms with Gasteiger partial charge in [-0.05, 0) is 25.5 Å². The highest BCUT2D eigenvalue weighted by Crippen LogP contribution is 2.11. The van der Waals surface area contributed by atoms with Crippen LogP contribution in [0.5, 0.6) is 0 Å². The minimum Gasteiger partial charge on any atom is -0.295 e. The normalized spacial score (nSPS) is 12.3. The first-order chi connectivity index (χ1) is 9.12. The van der Waals surface area contributed by atoms with E-state index in [-0.39, 0.29) is 35.0 Å². The SMILES string of the molecule is CC(=O)c1cccc(S(=O)(=O)NCCCS(N)(=O)=O)c1. The van der Waals surface area contributed by atoms with Crippen LogP contribution in [0.25, 0.3) is 0 Å². The molecule has 20 heavy (non-hydrogen) atoms. The van der Waals surface area contributed by atoms with E-state index < -0.39 is 20.0 Å². The van der Waals surface area contributed by atoms with Crippen LogP contribution in [0.1, 0.15) is 23.7 Å². The summed E-state index contributed by atoms with van der Waals surface area (Å²) in [6.07, 6.45) is 0.0739. The van der Waals surface area contributed by atoms with Gasteiger partial charge in [-0.15, -0.1) is 0 Å². The third-order valence-corrected chi connectivity index (χ3v) is 4.76. The van der Waals surface area contributed by atoms with Crippen molar-refractivity contribution in [3.8, 4) is 0 Å². The molecule has 0 saturated carbocycles. The van der Waals surface area contributed by atoms with Gasteiger partial charge in [-0.25, -0.2) is 26.7 Å². The fraction of sp³-hybridized carbons (Fsp3) is 0.364. The molecular weight excluding hydrogens is 304 g/mol. The molecule has 0 aromatic heterocycles. The summed E-state index contributed by atoms with van der Waals surface area (Å²) < 4.78 is 47.5. The molecule has 0 bridgehead atoms. The predicted octanol–water partition coefficient (Wildman–Crippen LogP) is -0.154. The smallest absolute Gasteiger partial charge is 0.240 e. The van der Waals surface area contributed by atoms with Crippen LogP contribution in [-0.2, 0) is 20.0 Å². The molecule has 0 aliphatic carbocycles.